The van der Waals surface area contributed by atoms with E-state index >= 15 is 0 Å². The van der Waals surface area contributed by atoms with E-state index in [9.17, 15) is 0 Å². The number of nitrogens with zero attached hydrogens (tertiary/aromatic N) is 2. The van der Waals surface area contributed by atoms with Crippen LogP contribution in [0.1, 0.15) is 43.6 Å². The number of pyridine rings is 1. The van der Waals surface area contributed by atoms with Crippen molar-refractivity contribution >= 4 is 11.5 Å². The highest BCUT2D eigenvalue weighted by Gasteiger charge is 2.34. The fraction of sp³-hybridized carbons (Fsp3) is 0.571. The summed E-state index contributed by atoms with van der Waals surface area (Å²) in [5, 5.41) is 7.79. The van der Waals surface area contributed by atoms with Crippen molar-refractivity contribution in [3.05, 3.63) is 23.0 Å². The minimum Gasteiger partial charge on any atom is -0.384 e. The second kappa shape index (κ2) is 4.26. The van der Waals surface area contributed by atoms with Crippen LogP contribution in [0.15, 0.2) is 6.07 Å². The van der Waals surface area contributed by atoms with Crippen LogP contribution in [-0.4, -0.2) is 22.9 Å². The molecule has 0 bridgehead atoms. The smallest absolute Gasteiger partial charge is 0.126 e. The summed E-state index contributed by atoms with van der Waals surface area (Å²) in [4.78, 5) is 6.79. The second-order valence-electron chi connectivity index (χ2n) is 5.72. The molecule has 1 aromatic rings. The zero-order valence-corrected chi connectivity index (χ0v) is 11.7. The predicted octanol–water partition coefficient (Wildman–Crippen LogP) is 2.36. The fourth-order valence-corrected chi connectivity index (χ4v) is 2.91. The van der Waals surface area contributed by atoms with Crippen LogP contribution in [0.25, 0.3) is 0 Å². The number of hydrogen-bond donors (Lipinski definition) is 2. The number of nitrogens with one attached hydrogen (secondary N) is 1. The van der Waals surface area contributed by atoms with Gasteiger partial charge in [0.2, 0.25) is 0 Å². The molecule has 0 saturated carbocycles. The summed E-state index contributed by atoms with van der Waals surface area (Å²) >= 11 is 0. The van der Waals surface area contributed by atoms with Crippen molar-refractivity contribution in [2.75, 3.05) is 11.4 Å². The lowest BCUT2D eigenvalue weighted by molar-refractivity contribution is 0.517. The average Bonchev–Trinajstić information content (AvgIpc) is 2.55. The first-order valence-corrected chi connectivity index (χ1v) is 6.43. The van der Waals surface area contributed by atoms with Gasteiger partial charge in [-0.15, -0.1) is 0 Å². The molecule has 3 N–H and O–H groups in total. The fourth-order valence-electron chi connectivity index (χ4n) is 2.91. The first kappa shape index (κ1) is 12.9. The number of nitrogen functional groups attached to an aromatic ring is 1. The number of anilines is 1. The van der Waals surface area contributed by atoms with Gasteiger partial charge in [-0.05, 0) is 46.6 Å². The van der Waals surface area contributed by atoms with Gasteiger partial charge in [0.25, 0.3) is 0 Å². The molecule has 2 rings (SSSR count). The predicted molar refractivity (Wildman–Crippen MR) is 75.4 cm³/mol. The zero-order valence-electron chi connectivity index (χ0n) is 11.7. The molecule has 1 aliphatic heterocycles. The van der Waals surface area contributed by atoms with Gasteiger partial charge in [0.1, 0.15) is 5.84 Å². The molecule has 1 aliphatic rings. The lowest BCUT2D eigenvalue weighted by atomic mass is 10.00. The number of rotatable bonds is 2. The zero-order chi connectivity index (χ0) is 13.5. The van der Waals surface area contributed by atoms with E-state index in [1.165, 1.54) is 12.8 Å². The minimum absolute atomic E-state index is 0.109. The van der Waals surface area contributed by atoms with E-state index in [-0.39, 0.29) is 11.4 Å². The van der Waals surface area contributed by atoms with Gasteiger partial charge in [-0.1, -0.05) is 0 Å². The second-order valence-corrected chi connectivity index (χ2v) is 5.72. The van der Waals surface area contributed by atoms with Crippen LogP contribution in [-0.2, 0) is 0 Å². The summed E-state index contributed by atoms with van der Waals surface area (Å²) in [6.45, 7) is 9.43. The molecule has 0 aromatic carbocycles. The Morgan fingerprint density at radius 1 is 1.44 bits per heavy atom. The monoisotopic (exact) mass is 246 g/mol. The van der Waals surface area contributed by atoms with Crippen molar-refractivity contribution in [1.29, 1.82) is 5.41 Å². The molecule has 4 heteroatoms. The maximum atomic E-state index is 7.79. The normalized spacial score (nSPS) is 18.1. The Morgan fingerprint density at radius 2 is 2.11 bits per heavy atom. The molecule has 1 aromatic heterocycles. The molecule has 4 nitrogen and oxygen atoms in total. The van der Waals surface area contributed by atoms with Crippen molar-refractivity contribution < 1.29 is 0 Å². The van der Waals surface area contributed by atoms with Crippen molar-refractivity contribution in [3.8, 4) is 0 Å². The highest BCUT2D eigenvalue weighted by Crippen LogP contribution is 2.36. The highest BCUT2D eigenvalue weighted by molar-refractivity contribution is 6.01. The standard InChI is InChI=1S/C14H22N4/c1-9-8-11(12(13(15)16)10(2)17-9)18-7-5-6-14(18,3)4/h8H,5-7H2,1-4H3,(H3,15,16). The first-order chi connectivity index (χ1) is 8.33. The molecule has 0 atom stereocenters. The quantitative estimate of drug-likeness (QED) is 0.622. The average molecular weight is 246 g/mol. The van der Waals surface area contributed by atoms with Crippen LogP contribution in [0.5, 0.6) is 0 Å². The van der Waals surface area contributed by atoms with Crippen molar-refractivity contribution in [3.63, 3.8) is 0 Å². The van der Waals surface area contributed by atoms with Gasteiger partial charge in [0.15, 0.2) is 0 Å². The summed E-state index contributed by atoms with van der Waals surface area (Å²) in [5.41, 5.74) is 9.55. The third kappa shape index (κ3) is 2.07. The summed E-state index contributed by atoms with van der Waals surface area (Å²) in [6, 6.07) is 2.05. The van der Waals surface area contributed by atoms with Crippen LogP contribution in [0, 0.1) is 19.3 Å². The van der Waals surface area contributed by atoms with Crippen molar-refractivity contribution in [1.82, 2.24) is 4.98 Å². The third-order valence-corrected chi connectivity index (χ3v) is 3.77. The van der Waals surface area contributed by atoms with E-state index in [2.05, 4.69) is 29.8 Å². The topological polar surface area (TPSA) is 66.0 Å². The van der Waals surface area contributed by atoms with Crippen molar-refractivity contribution in [2.45, 2.75) is 46.1 Å². The van der Waals surface area contributed by atoms with Crippen LogP contribution in [0.2, 0.25) is 0 Å². The molecule has 0 unspecified atom stereocenters. The highest BCUT2D eigenvalue weighted by atomic mass is 15.2. The Kier molecular flexibility index (Phi) is 3.05. The van der Waals surface area contributed by atoms with E-state index in [4.69, 9.17) is 11.1 Å². The van der Waals surface area contributed by atoms with Gasteiger partial charge in [-0.3, -0.25) is 10.4 Å². The first-order valence-electron chi connectivity index (χ1n) is 6.43. The van der Waals surface area contributed by atoms with Crippen LogP contribution in [0.4, 0.5) is 5.69 Å². The van der Waals surface area contributed by atoms with Crippen LogP contribution in [0.3, 0.4) is 0 Å². The molecule has 0 spiro atoms. The lowest BCUT2D eigenvalue weighted by Gasteiger charge is -2.35. The van der Waals surface area contributed by atoms with Gasteiger partial charge in [0.05, 0.1) is 16.9 Å². The molecular formula is C14H22N4. The number of aryl methyl sites for hydroxylation is 2. The van der Waals surface area contributed by atoms with E-state index in [0.29, 0.717) is 0 Å². The van der Waals surface area contributed by atoms with Crippen molar-refractivity contribution in [2.24, 2.45) is 5.73 Å². The molecule has 1 saturated heterocycles. The molecular weight excluding hydrogens is 224 g/mol. The van der Waals surface area contributed by atoms with E-state index in [0.717, 1.165) is 29.2 Å². The molecule has 1 fully saturated rings. The van der Waals surface area contributed by atoms with Gasteiger partial charge in [-0.2, -0.15) is 0 Å². The minimum atomic E-state index is 0.109. The van der Waals surface area contributed by atoms with Gasteiger partial charge in [-0.25, -0.2) is 0 Å². The van der Waals surface area contributed by atoms with Gasteiger partial charge < -0.3 is 10.6 Å². The number of nitrogens with two attached hydrogens (primary N) is 1. The summed E-state index contributed by atoms with van der Waals surface area (Å²) in [7, 11) is 0. The molecule has 0 radical (unpaired) electrons. The van der Waals surface area contributed by atoms with E-state index in [1.54, 1.807) is 0 Å². The molecule has 0 aliphatic carbocycles. The summed E-state index contributed by atoms with van der Waals surface area (Å²) < 4.78 is 0. The maximum absolute atomic E-state index is 7.79. The Bertz CT molecular complexity index is 491. The van der Waals surface area contributed by atoms with E-state index < -0.39 is 0 Å². The Morgan fingerprint density at radius 3 is 2.61 bits per heavy atom. The lowest BCUT2D eigenvalue weighted by Crippen LogP contribution is -2.39. The molecule has 18 heavy (non-hydrogen) atoms. The Hall–Kier alpha value is -1.58. The van der Waals surface area contributed by atoms with Crippen LogP contribution < -0.4 is 10.6 Å². The SMILES string of the molecule is Cc1cc(N2CCCC2(C)C)c(C(=N)N)c(C)n1. The third-order valence-electron chi connectivity index (χ3n) is 3.77. The number of amidine groups is 1. The largest absolute Gasteiger partial charge is 0.384 e. The number of aromatic nitrogens is 1. The summed E-state index contributed by atoms with van der Waals surface area (Å²) in [6.07, 6.45) is 2.36. The van der Waals surface area contributed by atoms with Gasteiger partial charge in [0, 0.05) is 17.8 Å². The van der Waals surface area contributed by atoms with Gasteiger partial charge >= 0.3 is 0 Å². The van der Waals surface area contributed by atoms with Crippen LogP contribution >= 0.6 is 0 Å². The maximum Gasteiger partial charge on any atom is 0.126 e. The molecule has 0 amide bonds. The summed E-state index contributed by atoms with van der Waals surface area (Å²) in [5.74, 6) is 0.109. The van der Waals surface area contributed by atoms with E-state index in [1.807, 2.05) is 13.8 Å². The Balaban J connectivity index is 2.59. The Labute approximate surface area is 109 Å². The molecule has 2 heterocycles. The number of hydrogen-bond acceptors (Lipinski definition) is 3. The molecule has 98 valence electrons.